The third-order valence-electron chi connectivity index (χ3n) is 6.00. The average molecular weight is 449 g/mol. The van der Waals surface area contributed by atoms with E-state index in [1.54, 1.807) is 0 Å². The van der Waals surface area contributed by atoms with Gasteiger partial charge in [-0.2, -0.15) is 0 Å². The second kappa shape index (κ2) is 22.6. The van der Waals surface area contributed by atoms with Crippen molar-refractivity contribution in [3.05, 3.63) is 25.3 Å². The summed E-state index contributed by atoms with van der Waals surface area (Å²) in [7, 11) is 0. The largest absolute Gasteiger partial charge is 0.353 e. The number of hydrogen-bond acceptors (Lipinski definition) is 2. The minimum absolute atomic E-state index is 0.0995. The summed E-state index contributed by atoms with van der Waals surface area (Å²) in [6, 6.07) is 0.392. The van der Waals surface area contributed by atoms with Crippen LogP contribution in [0.3, 0.4) is 0 Å². The van der Waals surface area contributed by atoms with E-state index in [1.807, 2.05) is 12.2 Å². The first-order valence-corrected chi connectivity index (χ1v) is 13.4. The van der Waals surface area contributed by atoms with Crippen LogP contribution >= 0.6 is 0 Å². The van der Waals surface area contributed by atoms with Gasteiger partial charge in [-0.3, -0.25) is 9.59 Å². The molecule has 0 aliphatic heterocycles. The first-order chi connectivity index (χ1) is 15.6. The van der Waals surface area contributed by atoms with Crippen molar-refractivity contribution in [3.8, 4) is 0 Å². The second-order valence-corrected chi connectivity index (χ2v) is 9.19. The number of amides is 2. The molecule has 0 saturated heterocycles. The predicted octanol–water partition coefficient (Wildman–Crippen LogP) is 7.39. The van der Waals surface area contributed by atoms with Gasteiger partial charge in [0.25, 0.3) is 0 Å². The lowest BCUT2D eigenvalue weighted by molar-refractivity contribution is -0.123. The van der Waals surface area contributed by atoms with E-state index in [1.165, 1.54) is 51.4 Å². The van der Waals surface area contributed by atoms with E-state index in [9.17, 15) is 9.59 Å². The van der Waals surface area contributed by atoms with Crippen molar-refractivity contribution in [1.82, 2.24) is 10.6 Å². The Labute approximate surface area is 199 Å². The Hall–Kier alpha value is -1.58. The topological polar surface area (TPSA) is 58.2 Å². The van der Waals surface area contributed by atoms with Crippen molar-refractivity contribution in [2.75, 3.05) is 0 Å². The SMILES string of the molecule is C=CCC(CCCCCCC)NC(=O)CCCCC(=O)NC(CC=C)CCCCCCC. The number of rotatable bonds is 23. The molecule has 0 radical (unpaired) electrons. The van der Waals surface area contributed by atoms with E-state index < -0.39 is 0 Å². The molecule has 0 fully saturated rings. The highest BCUT2D eigenvalue weighted by molar-refractivity contribution is 5.77. The molecule has 2 unspecified atom stereocenters. The van der Waals surface area contributed by atoms with Gasteiger partial charge in [-0.15, -0.1) is 13.2 Å². The Morgan fingerprint density at radius 2 is 1.00 bits per heavy atom. The van der Waals surface area contributed by atoms with Crippen LogP contribution in [0.5, 0.6) is 0 Å². The Bertz CT molecular complexity index is 446. The Kier molecular flexibility index (Phi) is 21.5. The maximum Gasteiger partial charge on any atom is 0.220 e. The van der Waals surface area contributed by atoms with Gasteiger partial charge in [-0.05, 0) is 38.5 Å². The van der Waals surface area contributed by atoms with Crippen LogP contribution in [0.2, 0.25) is 0 Å². The van der Waals surface area contributed by atoms with Gasteiger partial charge >= 0.3 is 0 Å². The normalized spacial score (nSPS) is 12.7. The molecule has 4 nitrogen and oxygen atoms in total. The highest BCUT2D eigenvalue weighted by Gasteiger charge is 2.13. The quantitative estimate of drug-likeness (QED) is 0.126. The zero-order valence-electron chi connectivity index (χ0n) is 21.3. The summed E-state index contributed by atoms with van der Waals surface area (Å²) in [5, 5.41) is 6.32. The summed E-state index contributed by atoms with van der Waals surface area (Å²) in [6.45, 7) is 12.1. The molecule has 0 aromatic rings. The molecule has 2 atom stereocenters. The van der Waals surface area contributed by atoms with Crippen molar-refractivity contribution < 1.29 is 9.59 Å². The summed E-state index contributed by atoms with van der Waals surface area (Å²) in [5.41, 5.74) is 0. The zero-order valence-corrected chi connectivity index (χ0v) is 21.3. The third-order valence-corrected chi connectivity index (χ3v) is 6.00. The lowest BCUT2D eigenvalue weighted by Crippen LogP contribution is -2.35. The van der Waals surface area contributed by atoms with E-state index in [-0.39, 0.29) is 23.9 Å². The molecule has 0 aromatic carbocycles. The highest BCUT2D eigenvalue weighted by atomic mass is 16.2. The van der Waals surface area contributed by atoms with Crippen LogP contribution < -0.4 is 10.6 Å². The van der Waals surface area contributed by atoms with E-state index >= 15 is 0 Å². The van der Waals surface area contributed by atoms with E-state index in [2.05, 4.69) is 37.6 Å². The molecular weight excluding hydrogens is 396 g/mol. The summed E-state index contributed by atoms with van der Waals surface area (Å²) >= 11 is 0. The summed E-state index contributed by atoms with van der Waals surface area (Å²) < 4.78 is 0. The van der Waals surface area contributed by atoms with Crippen LogP contribution in [0.15, 0.2) is 25.3 Å². The van der Waals surface area contributed by atoms with E-state index in [0.717, 1.165) is 51.4 Å². The molecule has 32 heavy (non-hydrogen) atoms. The third kappa shape index (κ3) is 19.1. The molecule has 0 aliphatic rings. The van der Waals surface area contributed by atoms with Gasteiger partial charge in [0.1, 0.15) is 0 Å². The maximum atomic E-state index is 12.3. The van der Waals surface area contributed by atoms with Crippen LogP contribution in [0.25, 0.3) is 0 Å². The zero-order chi connectivity index (χ0) is 23.9. The molecule has 0 aromatic heterocycles. The van der Waals surface area contributed by atoms with Crippen molar-refractivity contribution in [2.24, 2.45) is 0 Å². The first kappa shape index (κ1) is 30.4. The fourth-order valence-electron chi connectivity index (χ4n) is 4.06. The lowest BCUT2D eigenvalue weighted by Gasteiger charge is -2.18. The van der Waals surface area contributed by atoms with Crippen LogP contribution in [0, 0.1) is 0 Å². The van der Waals surface area contributed by atoms with Gasteiger partial charge in [0.15, 0.2) is 0 Å². The van der Waals surface area contributed by atoms with Crippen molar-refractivity contribution in [1.29, 1.82) is 0 Å². The summed E-state index contributed by atoms with van der Waals surface area (Å²) in [6.07, 6.45) is 22.4. The van der Waals surface area contributed by atoms with Gasteiger partial charge in [-0.1, -0.05) is 90.2 Å². The molecule has 0 spiro atoms. The van der Waals surface area contributed by atoms with Gasteiger partial charge in [0.05, 0.1) is 0 Å². The summed E-state index contributed by atoms with van der Waals surface area (Å²) in [5.74, 6) is 0.199. The van der Waals surface area contributed by atoms with Gasteiger partial charge in [0, 0.05) is 24.9 Å². The number of hydrogen-bond donors (Lipinski definition) is 2. The average Bonchev–Trinajstić information content (AvgIpc) is 2.76. The maximum absolute atomic E-state index is 12.3. The molecule has 0 rings (SSSR count). The van der Waals surface area contributed by atoms with Crippen molar-refractivity contribution in [3.63, 3.8) is 0 Å². The smallest absolute Gasteiger partial charge is 0.220 e. The van der Waals surface area contributed by atoms with Crippen LogP contribution in [-0.2, 0) is 9.59 Å². The Morgan fingerprint density at radius 3 is 1.34 bits per heavy atom. The monoisotopic (exact) mass is 448 g/mol. The standard InChI is InChI=1S/C28H52N2O2/c1-5-9-11-13-15-21-25(19-7-3)29-27(31)23-17-18-24-28(32)30-26(20-8-4)22-16-14-12-10-6-2/h7-8,25-26H,3-6,9-24H2,1-2H3,(H,29,31)(H,30,32). The van der Waals surface area contributed by atoms with Crippen molar-refractivity contribution >= 4 is 11.8 Å². The fraction of sp³-hybridized carbons (Fsp3) is 0.786. The van der Waals surface area contributed by atoms with Crippen LogP contribution in [-0.4, -0.2) is 23.9 Å². The van der Waals surface area contributed by atoms with E-state index in [4.69, 9.17) is 0 Å². The first-order valence-electron chi connectivity index (χ1n) is 13.4. The molecule has 0 saturated carbocycles. The summed E-state index contributed by atoms with van der Waals surface area (Å²) in [4.78, 5) is 24.6. The van der Waals surface area contributed by atoms with Crippen molar-refractivity contribution in [2.45, 2.75) is 142 Å². The van der Waals surface area contributed by atoms with Gasteiger partial charge < -0.3 is 10.6 Å². The molecule has 0 aliphatic carbocycles. The fourth-order valence-corrected chi connectivity index (χ4v) is 4.06. The molecular formula is C28H52N2O2. The second-order valence-electron chi connectivity index (χ2n) is 9.19. The molecule has 2 amide bonds. The molecule has 2 N–H and O–H groups in total. The Balaban J connectivity index is 4.04. The lowest BCUT2D eigenvalue weighted by atomic mass is 10.0. The number of carbonyl (C=O) groups is 2. The number of carbonyl (C=O) groups excluding carboxylic acids is 2. The highest BCUT2D eigenvalue weighted by Crippen LogP contribution is 2.12. The molecule has 4 heteroatoms. The predicted molar refractivity (Wildman–Crippen MR) is 139 cm³/mol. The van der Waals surface area contributed by atoms with Gasteiger partial charge in [0.2, 0.25) is 11.8 Å². The van der Waals surface area contributed by atoms with E-state index in [0.29, 0.717) is 12.8 Å². The number of nitrogens with one attached hydrogen (secondary N) is 2. The Morgan fingerprint density at radius 1 is 0.625 bits per heavy atom. The minimum atomic E-state index is 0.0995. The molecule has 0 bridgehead atoms. The van der Waals surface area contributed by atoms with Crippen LogP contribution in [0.4, 0.5) is 0 Å². The van der Waals surface area contributed by atoms with Gasteiger partial charge in [-0.25, -0.2) is 0 Å². The number of unbranched alkanes of at least 4 members (excludes halogenated alkanes) is 9. The van der Waals surface area contributed by atoms with Crippen LogP contribution in [0.1, 0.15) is 129 Å². The molecule has 186 valence electrons. The molecule has 0 heterocycles. The minimum Gasteiger partial charge on any atom is -0.353 e.